The van der Waals surface area contributed by atoms with Crippen LogP contribution in [0.25, 0.3) is 0 Å². The monoisotopic (exact) mass is 262 g/mol. The van der Waals surface area contributed by atoms with Crippen LogP contribution in [0.2, 0.25) is 5.02 Å². The minimum atomic E-state index is 0.501. The molecule has 1 N–H and O–H groups in total. The van der Waals surface area contributed by atoms with Crippen molar-refractivity contribution in [2.24, 2.45) is 0 Å². The molecular formula is C14H15ClN2O. The van der Waals surface area contributed by atoms with E-state index in [1.807, 2.05) is 43.6 Å². The lowest BCUT2D eigenvalue weighted by Gasteiger charge is -2.10. The van der Waals surface area contributed by atoms with Crippen LogP contribution in [0.3, 0.4) is 0 Å². The molecule has 0 saturated carbocycles. The average molecular weight is 263 g/mol. The van der Waals surface area contributed by atoms with Crippen molar-refractivity contribution in [2.75, 3.05) is 7.05 Å². The number of hydrogen-bond donors (Lipinski definition) is 1. The van der Waals surface area contributed by atoms with E-state index in [1.165, 1.54) is 0 Å². The van der Waals surface area contributed by atoms with Crippen LogP contribution in [0.15, 0.2) is 42.7 Å². The third kappa shape index (κ3) is 3.45. The van der Waals surface area contributed by atoms with Crippen molar-refractivity contribution in [3.8, 4) is 5.75 Å². The van der Waals surface area contributed by atoms with Gasteiger partial charge in [0, 0.05) is 29.5 Å². The summed E-state index contributed by atoms with van der Waals surface area (Å²) in [7, 11) is 1.90. The van der Waals surface area contributed by atoms with Gasteiger partial charge >= 0.3 is 0 Å². The van der Waals surface area contributed by atoms with Gasteiger partial charge in [-0.2, -0.15) is 0 Å². The normalized spacial score (nSPS) is 10.3. The van der Waals surface area contributed by atoms with E-state index in [0.29, 0.717) is 6.61 Å². The van der Waals surface area contributed by atoms with Crippen molar-refractivity contribution in [2.45, 2.75) is 13.2 Å². The maximum Gasteiger partial charge on any atom is 0.127 e. The molecule has 4 heteroatoms. The van der Waals surface area contributed by atoms with Gasteiger partial charge in [-0.25, -0.2) is 0 Å². The highest BCUT2D eigenvalue weighted by molar-refractivity contribution is 6.30. The zero-order chi connectivity index (χ0) is 12.8. The van der Waals surface area contributed by atoms with Gasteiger partial charge in [-0.05, 0) is 30.8 Å². The molecule has 2 rings (SSSR count). The van der Waals surface area contributed by atoms with Crippen LogP contribution < -0.4 is 10.1 Å². The second-order valence-electron chi connectivity index (χ2n) is 3.93. The molecule has 1 aromatic heterocycles. The number of nitrogens with zero attached hydrogens (tertiary/aromatic N) is 1. The highest BCUT2D eigenvalue weighted by atomic mass is 35.5. The largest absolute Gasteiger partial charge is 0.488 e. The van der Waals surface area contributed by atoms with Gasteiger partial charge in [-0.3, -0.25) is 4.98 Å². The van der Waals surface area contributed by atoms with Crippen molar-refractivity contribution >= 4 is 11.6 Å². The van der Waals surface area contributed by atoms with Gasteiger partial charge < -0.3 is 10.1 Å². The molecule has 0 unspecified atom stereocenters. The maximum absolute atomic E-state index is 5.93. The summed E-state index contributed by atoms with van der Waals surface area (Å²) in [5, 5.41) is 3.81. The Morgan fingerprint density at radius 1 is 1.33 bits per heavy atom. The molecule has 2 aromatic rings. The Morgan fingerprint density at radius 3 is 3.00 bits per heavy atom. The van der Waals surface area contributed by atoms with Gasteiger partial charge in [-0.1, -0.05) is 23.7 Å². The molecule has 0 bridgehead atoms. The quantitative estimate of drug-likeness (QED) is 0.899. The molecule has 1 heterocycles. The summed E-state index contributed by atoms with van der Waals surface area (Å²) in [5.41, 5.74) is 2.09. The van der Waals surface area contributed by atoms with E-state index in [4.69, 9.17) is 16.3 Å². The van der Waals surface area contributed by atoms with E-state index in [2.05, 4.69) is 10.3 Å². The van der Waals surface area contributed by atoms with Crippen molar-refractivity contribution in [3.63, 3.8) is 0 Å². The van der Waals surface area contributed by atoms with Gasteiger partial charge in [0.05, 0.1) is 0 Å². The Bertz CT molecular complexity index is 517. The van der Waals surface area contributed by atoms with Crippen LogP contribution >= 0.6 is 11.6 Å². The summed E-state index contributed by atoms with van der Waals surface area (Å²) >= 11 is 5.93. The summed E-state index contributed by atoms with van der Waals surface area (Å²) in [6, 6.07) is 9.54. The molecule has 3 nitrogen and oxygen atoms in total. The molecule has 0 aliphatic carbocycles. The molecule has 0 aliphatic heterocycles. The molecule has 0 fully saturated rings. The smallest absolute Gasteiger partial charge is 0.127 e. The fraction of sp³-hybridized carbons (Fsp3) is 0.214. The van der Waals surface area contributed by atoms with Crippen molar-refractivity contribution in [1.82, 2.24) is 10.3 Å². The molecule has 0 aliphatic rings. The van der Waals surface area contributed by atoms with Crippen LogP contribution in [0.1, 0.15) is 11.1 Å². The Hall–Kier alpha value is -1.58. The zero-order valence-electron chi connectivity index (χ0n) is 10.2. The van der Waals surface area contributed by atoms with Gasteiger partial charge in [-0.15, -0.1) is 0 Å². The molecule has 0 radical (unpaired) electrons. The molecule has 0 saturated heterocycles. The first-order chi connectivity index (χ1) is 8.79. The molecule has 0 atom stereocenters. The molecule has 18 heavy (non-hydrogen) atoms. The Balaban J connectivity index is 2.06. The summed E-state index contributed by atoms with van der Waals surface area (Å²) in [6.07, 6.45) is 3.54. The molecule has 0 amide bonds. The number of halogens is 1. The van der Waals surface area contributed by atoms with E-state index < -0.39 is 0 Å². The van der Waals surface area contributed by atoms with Crippen molar-refractivity contribution in [1.29, 1.82) is 0 Å². The van der Waals surface area contributed by atoms with E-state index in [9.17, 15) is 0 Å². The Labute approximate surface area is 112 Å². The van der Waals surface area contributed by atoms with Gasteiger partial charge in [0.2, 0.25) is 0 Å². The fourth-order valence-corrected chi connectivity index (χ4v) is 1.88. The highest BCUT2D eigenvalue weighted by Gasteiger charge is 2.03. The van der Waals surface area contributed by atoms with Crippen LogP contribution in [-0.2, 0) is 13.2 Å². The van der Waals surface area contributed by atoms with Crippen LogP contribution in [0, 0.1) is 0 Å². The number of rotatable bonds is 5. The van der Waals surface area contributed by atoms with E-state index in [1.54, 1.807) is 6.20 Å². The SMILES string of the molecule is CNCc1cnccc1OCc1cccc(Cl)c1. The van der Waals surface area contributed by atoms with E-state index >= 15 is 0 Å². The topological polar surface area (TPSA) is 34.2 Å². The van der Waals surface area contributed by atoms with Gasteiger partial charge in [0.1, 0.15) is 12.4 Å². The number of pyridine rings is 1. The number of benzene rings is 1. The number of nitrogens with one attached hydrogen (secondary N) is 1. The standard InChI is InChI=1S/C14H15ClN2O/c1-16-8-12-9-17-6-5-14(12)18-10-11-3-2-4-13(15)7-11/h2-7,9,16H,8,10H2,1H3. The Kier molecular flexibility index (Phi) is 4.56. The first-order valence-corrected chi connectivity index (χ1v) is 6.12. The average Bonchev–Trinajstić information content (AvgIpc) is 2.38. The van der Waals surface area contributed by atoms with Crippen molar-refractivity contribution < 1.29 is 4.74 Å². The maximum atomic E-state index is 5.93. The number of ether oxygens (including phenoxy) is 1. The lowest BCUT2D eigenvalue weighted by Crippen LogP contribution is -2.08. The summed E-state index contributed by atoms with van der Waals surface area (Å²) < 4.78 is 5.79. The lowest BCUT2D eigenvalue weighted by molar-refractivity contribution is 0.302. The van der Waals surface area contributed by atoms with E-state index in [0.717, 1.165) is 28.4 Å². The van der Waals surface area contributed by atoms with E-state index in [-0.39, 0.29) is 0 Å². The summed E-state index contributed by atoms with van der Waals surface area (Å²) in [6.45, 7) is 1.24. The minimum Gasteiger partial charge on any atom is -0.488 e. The Morgan fingerprint density at radius 2 is 2.22 bits per heavy atom. The van der Waals surface area contributed by atoms with Gasteiger partial charge in [0.15, 0.2) is 0 Å². The van der Waals surface area contributed by atoms with Crippen LogP contribution in [0.5, 0.6) is 5.75 Å². The predicted octanol–water partition coefficient (Wildman–Crippen LogP) is 3.03. The highest BCUT2D eigenvalue weighted by Crippen LogP contribution is 2.19. The third-order valence-electron chi connectivity index (χ3n) is 2.51. The summed E-state index contributed by atoms with van der Waals surface area (Å²) in [5.74, 6) is 0.847. The van der Waals surface area contributed by atoms with Gasteiger partial charge in [0.25, 0.3) is 0 Å². The first-order valence-electron chi connectivity index (χ1n) is 5.74. The molecular weight excluding hydrogens is 248 g/mol. The predicted molar refractivity (Wildman–Crippen MR) is 72.8 cm³/mol. The third-order valence-corrected chi connectivity index (χ3v) is 2.74. The molecule has 1 aromatic carbocycles. The lowest BCUT2D eigenvalue weighted by atomic mass is 10.2. The number of hydrogen-bond acceptors (Lipinski definition) is 3. The zero-order valence-corrected chi connectivity index (χ0v) is 10.9. The van der Waals surface area contributed by atoms with Crippen LogP contribution in [0.4, 0.5) is 0 Å². The van der Waals surface area contributed by atoms with Crippen LogP contribution in [-0.4, -0.2) is 12.0 Å². The fourth-order valence-electron chi connectivity index (χ4n) is 1.67. The molecule has 94 valence electrons. The second-order valence-corrected chi connectivity index (χ2v) is 4.37. The second kappa shape index (κ2) is 6.38. The molecule has 0 spiro atoms. The van der Waals surface area contributed by atoms with Crippen molar-refractivity contribution in [3.05, 3.63) is 58.9 Å². The minimum absolute atomic E-state index is 0.501. The first kappa shape index (κ1) is 12.9. The number of aromatic nitrogens is 1. The summed E-state index contributed by atoms with van der Waals surface area (Å²) in [4.78, 5) is 4.09.